The first-order valence-corrected chi connectivity index (χ1v) is 7.21. The molecule has 0 aliphatic heterocycles. The molecule has 1 heterocycles. The number of halogens is 1. The SMILES string of the molecule is COc1cccc(F)c1OCc1nc(COc2ccccc2)no1. The highest BCUT2D eigenvalue weighted by Crippen LogP contribution is 2.30. The van der Waals surface area contributed by atoms with E-state index in [2.05, 4.69) is 10.1 Å². The molecule has 0 saturated carbocycles. The van der Waals surface area contributed by atoms with E-state index in [0.29, 0.717) is 17.3 Å². The molecule has 0 N–H and O–H groups in total. The van der Waals surface area contributed by atoms with Gasteiger partial charge < -0.3 is 18.7 Å². The topological polar surface area (TPSA) is 66.6 Å². The van der Waals surface area contributed by atoms with Crippen LogP contribution in [0.5, 0.6) is 17.2 Å². The van der Waals surface area contributed by atoms with Crippen molar-refractivity contribution in [1.29, 1.82) is 0 Å². The van der Waals surface area contributed by atoms with Gasteiger partial charge in [-0.25, -0.2) is 4.39 Å². The van der Waals surface area contributed by atoms with Crippen molar-refractivity contribution in [2.45, 2.75) is 13.2 Å². The molecule has 0 unspecified atom stereocenters. The van der Waals surface area contributed by atoms with Crippen molar-refractivity contribution >= 4 is 0 Å². The Balaban J connectivity index is 1.59. The zero-order valence-corrected chi connectivity index (χ0v) is 12.9. The minimum absolute atomic E-state index is 0.000264. The number of methoxy groups -OCH3 is 1. The van der Waals surface area contributed by atoms with E-state index in [0.717, 1.165) is 0 Å². The van der Waals surface area contributed by atoms with Crippen molar-refractivity contribution in [2.24, 2.45) is 0 Å². The van der Waals surface area contributed by atoms with Gasteiger partial charge in [0.15, 0.2) is 30.5 Å². The lowest BCUT2D eigenvalue weighted by atomic mass is 10.3. The van der Waals surface area contributed by atoms with Crippen molar-refractivity contribution in [3.05, 3.63) is 66.1 Å². The van der Waals surface area contributed by atoms with Crippen LogP contribution in [0.1, 0.15) is 11.7 Å². The van der Waals surface area contributed by atoms with Crippen LogP contribution in [0, 0.1) is 5.82 Å². The summed E-state index contributed by atoms with van der Waals surface area (Å²) in [7, 11) is 1.44. The summed E-state index contributed by atoms with van der Waals surface area (Å²) >= 11 is 0. The van der Waals surface area contributed by atoms with Crippen LogP contribution >= 0.6 is 0 Å². The first-order chi connectivity index (χ1) is 11.8. The van der Waals surface area contributed by atoms with Gasteiger partial charge in [-0.3, -0.25) is 0 Å². The first-order valence-electron chi connectivity index (χ1n) is 7.21. The molecule has 3 aromatic rings. The Morgan fingerprint density at radius 2 is 1.83 bits per heavy atom. The maximum absolute atomic E-state index is 13.8. The maximum Gasteiger partial charge on any atom is 0.264 e. The summed E-state index contributed by atoms with van der Waals surface area (Å²) in [5.41, 5.74) is 0. The van der Waals surface area contributed by atoms with Gasteiger partial charge in [0.25, 0.3) is 5.89 Å². The van der Waals surface area contributed by atoms with Gasteiger partial charge in [0.2, 0.25) is 5.82 Å². The third-order valence-corrected chi connectivity index (χ3v) is 3.11. The maximum atomic E-state index is 13.8. The molecular formula is C17H15FN2O4. The number of aromatic nitrogens is 2. The molecule has 7 heteroatoms. The average Bonchev–Trinajstić information content (AvgIpc) is 3.07. The van der Waals surface area contributed by atoms with E-state index in [1.807, 2.05) is 30.3 Å². The molecule has 2 aromatic carbocycles. The quantitative estimate of drug-likeness (QED) is 0.662. The van der Waals surface area contributed by atoms with E-state index in [1.165, 1.54) is 19.2 Å². The normalized spacial score (nSPS) is 10.4. The molecule has 24 heavy (non-hydrogen) atoms. The molecule has 124 valence electrons. The predicted molar refractivity (Wildman–Crippen MR) is 82.4 cm³/mol. The number of para-hydroxylation sites is 2. The summed E-state index contributed by atoms with van der Waals surface area (Å²) in [6.07, 6.45) is 0. The molecule has 3 rings (SSSR count). The molecule has 0 amide bonds. The van der Waals surface area contributed by atoms with E-state index in [4.69, 9.17) is 18.7 Å². The van der Waals surface area contributed by atoms with Gasteiger partial charge in [-0.1, -0.05) is 29.4 Å². The molecule has 0 atom stereocenters. The van der Waals surface area contributed by atoms with Crippen molar-refractivity contribution in [1.82, 2.24) is 10.1 Å². The number of hydrogen-bond acceptors (Lipinski definition) is 6. The molecule has 6 nitrogen and oxygen atoms in total. The molecule has 0 saturated heterocycles. The van der Waals surface area contributed by atoms with Crippen LogP contribution < -0.4 is 14.2 Å². The fraction of sp³-hybridized carbons (Fsp3) is 0.176. The Hall–Kier alpha value is -3.09. The van der Waals surface area contributed by atoms with Crippen LogP contribution in [0.2, 0.25) is 0 Å². The fourth-order valence-electron chi connectivity index (χ4n) is 2.00. The minimum Gasteiger partial charge on any atom is -0.493 e. The average molecular weight is 330 g/mol. The Morgan fingerprint density at radius 1 is 1.00 bits per heavy atom. The largest absolute Gasteiger partial charge is 0.493 e. The van der Waals surface area contributed by atoms with Gasteiger partial charge >= 0.3 is 0 Å². The molecule has 1 aromatic heterocycles. The third-order valence-electron chi connectivity index (χ3n) is 3.11. The lowest BCUT2D eigenvalue weighted by Gasteiger charge is -2.09. The molecule has 0 radical (unpaired) electrons. The van der Waals surface area contributed by atoms with Gasteiger partial charge in [-0.05, 0) is 24.3 Å². The zero-order valence-electron chi connectivity index (χ0n) is 12.9. The van der Waals surface area contributed by atoms with E-state index in [1.54, 1.807) is 6.07 Å². The highest BCUT2D eigenvalue weighted by atomic mass is 19.1. The Bertz CT molecular complexity index is 792. The van der Waals surface area contributed by atoms with Gasteiger partial charge in [0.1, 0.15) is 5.75 Å². The van der Waals surface area contributed by atoms with E-state index < -0.39 is 5.82 Å². The summed E-state index contributed by atoms with van der Waals surface area (Å²) in [6, 6.07) is 13.7. The fourth-order valence-corrected chi connectivity index (χ4v) is 2.00. The van der Waals surface area contributed by atoms with Gasteiger partial charge in [0.05, 0.1) is 7.11 Å². The minimum atomic E-state index is -0.526. The van der Waals surface area contributed by atoms with E-state index in [9.17, 15) is 4.39 Å². The Kier molecular flexibility index (Phi) is 4.90. The second kappa shape index (κ2) is 7.45. The number of nitrogens with zero attached hydrogens (tertiary/aromatic N) is 2. The third kappa shape index (κ3) is 3.81. The van der Waals surface area contributed by atoms with Crippen LogP contribution in [0.3, 0.4) is 0 Å². The summed E-state index contributed by atoms with van der Waals surface area (Å²) in [5.74, 6) is 1.06. The molecular weight excluding hydrogens is 315 g/mol. The number of hydrogen-bond donors (Lipinski definition) is 0. The van der Waals surface area contributed by atoms with Gasteiger partial charge in [-0.2, -0.15) is 4.98 Å². The van der Waals surface area contributed by atoms with E-state index >= 15 is 0 Å². The number of rotatable bonds is 7. The summed E-state index contributed by atoms with van der Waals surface area (Å²) in [6.45, 7) is 0.0894. The highest BCUT2D eigenvalue weighted by Gasteiger charge is 2.13. The molecule has 0 aliphatic carbocycles. The Labute approximate surface area is 137 Å². The number of ether oxygens (including phenoxy) is 3. The second-order valence-corrected chi connectivity index (χ2v) is 4.77. The number of benzene rings is 2. The monoisotopic (exact) mass is 330 g/mol. The molecule has 0 spiro atoms. The molecule has 0 fully saturated rings. The van der Waals surface area contributed by atoms with Crippen LogP contribution in [0.15, 0.2) is 53.1 Å². The van der Waals surface area contributed by atoms with Crippen molar-refractivity contribution in [3.8, 4) is 17.2 Å². The molecule has 0 bridgehead atoms. The smallest absolute Gasteiger partial charge is 0.264 e. The van der Waals surface area contributed by atoms with Crippen LogP contribution in [-0.4, -0.2) is 17.3 Å². The van der Waals surface area contributed by atoms with E-state index in [-0.39, 0.29) is 24.9 Å². The standard InChI is InChI=1S/C17H15FN2O4/c1-21-14-9-5-8-13(18)17(14)23-11-16-19-15(20-24-16)10-22-12-6-3-2-4-7-12/h2-9H,10-11H2,1H3. The lowest BCUT2D eigenvalue weighted by Crippen LogP contribution is -2.01. The Morgan fingerprint density at radius 3 is 2.62 bits per heavy atom. The van der Waals surface area contributed by atoms with Gasteiger partial charge in [0, 0.05) is 0 Å². The second-order valence-electron chi connectivity index (χ2n) is 4.77. The van der Waals surface area contributed by atoms with Crippen LogP contribution in [0.4, 0.5) is 4.39 Å². The van der Waals surface area contributed by atoms with Gasteiger partial charge in [-0.15, -0.1) is 0 Å². The van der Waals surface area contributed by atoms with Crippen molar-refractivity contribution in [2.75, 3.05) is 7.11 Å². The summed E-state index contributed by atoms with van der Waals surface area (Å²) in [4.78, 5) is 4.13. The first kappa shape index (κ1) is 15.8. The predicted octanol–water partition coefficient (Wildman–Crippen LogP) is 3.38. The zero-order chi connectivity index (χ0) is 16.8. The summed E-state index contributed by atoms with van der Waals surface area (Å²) in [5, 5.41) is 3.79. The lowest BCUT2D eigenvalue weighted by molar-refractivity contribution is 0.223. The summed E-state index contributed by atoms with van der Waals surface area (Å²) < 4.78 is 34.8. The van der Waals surface area contributed by atoms with Crippen molar-refractivity contribution in [3.63, 3.8) is 0 Å². The van der Waals surface area contributed by atoms with Crippen molar-refractivity contribution < 1.29 is 23.1 Å². The molecule has 0 aliphatic rings. The van der Waals surface area contributed by atoms with Crippen LogP contribution in [-0.2, 0) is 13.2 Å². The van der Waals surface area contributed by atoms with Crippen LogP contribution in [0.25, 0.3) is 0 Å². The highest BCUT2D eigenvalue weighted by molar-refractivity contribution is 5.40.